The minimum absolute atomic E-state index is 0.0824. The Balaban J connectivity index is 1.69. The molecule has 134 valence electrons. The molecule has 0 aliphatic rings. The highest BCUT2D eigenvalue weighted by atomic mass is 79.9. The monoisotopic (exact) mass is 470 g/mol. The summed E-state index contributed by atoms with van der Waals surface area (Å²) in [7, 11) is 0. The van der Waals surface area contributed by atoms with Crippen LogP contribution in [0.5, 0.6) is 5.75 Å². The number of anilines is 2. The molecule has 1 amide bonds. The second-order valence-electron chi connectivity index (χ2n) is 5.37. The average Bonchev–Trinajstić information content (AvgIpc) is 3.02. The first kappa shape index (κ1) is 19.0. The molecule has 0 saturated heterocycles. The zero-order valence-electron chi connectivity index (χ0n) is 13.2. The van der Waals surface area contributed by atoms with Crippen LogP contribution in [-0.4, -0.2) is 11.0 Å². The fourth-order valence-corrected chi connectivity index (χ4v) is 4.06. The van der Waals surface area contributed by atoms with Crippen molar-refractivity contribution in [3.63, 3.8) is 0 Å². The van der Waals surface area contributed by atoms with Crippen molar-refractivity contribution in [3.05, 3.63) is 72.8 Å². The number of thiophene rings is 1. The van der Waals surface area contributed by atoms with Crippen molar-refractivity contribution in [1.29, 1.82) is 0 Å². The van der Waals surface area contributed by atoms with Crippen LogP contribution in [0.15, 0.2) is 52.3 Å². The molecule has 0 radical (unpaired) electrons. The van der Waals surface area contributed by atoms with E-state index in [1.54, 1.807) is 23.5 Å². The first-order chi connectivity index (χ1) is 12.4. The van der Waals surface area contributed by atoms with E-state index in [1.165, 1.54) is 23.1 Å². The predicted octanol–water partition coefficient (Wildman–Crippen LogP) is 6.39. The first-order valence-corrected chi connectivity index (χ1v) is 9.86. The Kier molecular flexibility index (Phi) is 6.09. The van der Waals surface area contributed by atoms with Gasteiger partial charge in [0.05, 0.1) is 20.1 Å². The maximum Gasteiger partial charge on any atom is 0.259 e. The molecular weight excluding hydrogens is 459 g/mol. The van der Waals surface area contributed by atoms with Crippen LogP contribution in [0, 0.1) is 0 Å². The number of aromatic hydroxyl groups is 1. The quantitative estimate of drug-likeness (QED) is 0.404. The Labute approximate surface area is 172 Å². The second-order valence-corrected chi connectivity index (χ2v) is 8.76. The molecule has 1 heterocycles. The largest absolute Gasteiger partial charge is 0.507 e. The summed E-state index contributed by atoms with van der Waals surface area (Å²) >= 11 is 17.2. The van der Waals surface area contributed by atoms with Crippen LogP contribution in [0.4, 0.5) is 11.4 Å². The van der Waals surface area contributed by atoms with Gasteiger partial charge >= 0.3 is 0 Å². The van der Waals surface area contributed by atoms with Gasteiger partial charge in [0.25, 0.3) is 5.91 Å². The van der Waals surface area contributed by atoms with Crippen molar-refractivity contribution in [3.8, 4) is 5.75 Å². The molecule has 0 fully saturated rings. The van der Waals surface area contributed by atoms with E-state index in [4.69, 9.17) is 23.2 Å². The van der Waals surface area contributed by atoms with Crippen LogP contribution < -0.4 is 10.6 Å². The molecule has 0 aliphatic heterocycles. The predicted molar refractivity (Wildman–Crippen MR) is 112 cm³/mol. The van der Waals surface area contributed by atoms with E-state index in [0.29, 0.717) is 22.3 Å². The van der Waals surface area contributed by atoms with Crippen molar-refractivity contribution < 1.29 is 9.90 Å². The van der Waals surface area contributed by atoms with Gasteiger partial charge in [-0.25, -0.2) is 0 Å². The van der Waals surface area contributed by atoms with Gasteiger partial charge in [-0.2, -0.15) is 0 Å². The van der Waals surface area contributed by atoms with Crippen LogP contribution >= 0.6 is 50.5 Å². The number of carbonyl (C=O) groups excluding carboxylic acids is 1. The van der Waals surface area contributed by atoms with Gasteiger partial charge in [-0.15, -0.1) is 11.3 Å². The molecule has 2 aromatic carbocycles. The lowest BCUT2D eigenvalue weighted by Gasteiger charge is -2.11. The highest BCUT2D eigenvalue weighted by Gasteiger charge is 2.13. The molecule has 3 rings (SSSR count). The van der Waals surface area contributed by atoms with E-state index in [-0.39, 0.29) is 11.3 Å². The van der Waals surface area contributed by atoms with Crippen molar-refractivity contribution in [2.75, 3.05) is 10.6 Å². The van der Waals surface area contributed by atoms with Crippen molar-refractivity contribution in [1.82, 2.24) is 0 Å². The summed E-state index contributed by atoms with van der Waals surface area (Å²) in [4.78, 5) is 13.5. The number of nitrogens with one attached hydrogen (secondary N) is 2. The lowest BCUT2D eigenvalue weighted by Crippen LogP contribution is -2.12. The van der Waals surface area contributed by atoms with Gasteiger partial charge < -0.3 is 15.7 Å². The fraction of sp³-hybridized carbons (Fsp3) is 0.0556. The van der Waals surface area contributed by atoms with Gasteiger partial charge in [0.15, 0.2) is 0 Å². The number of hydrogen-bond donors (Lipinski definition) is 3. The molecule has 4 nitrogen and oxygen atoms in total. The molecule has 3 N–H and O–H groups in total. The highest BCUT2D eigenvalue weighted by molar-refractivity contribution is 9.11. The van der Waals surface area contributed by atoms with E-state index in [0.717, 1.165) is 9.47 Å². The second kappa shape index (κ2) is 8.31. The molecule has 8 heteroatoms. The third kappa shape index (κ3) is 4.71. The molecule has 0 spiro atoms. The van der Waals surface area contributed by atoms with Gasteiger partial charge in [0.1, 0.15) is 5.75 Å². The SMILES string of the molecule is O=C(Nc1ccc(NCc2ccc(Br)s2)cc1Cl)c1cc(Cl)ccc1O. The summed E-state index contributed by atoms with van der Waals surface area (Å²) in [5.41, 5.74) is 1.36. The van der Waals surface area contributed by atoms with Crippen molar-refractivity contribution >= 4 is 67.8 Å². The maximum absolute atomic E-state index is 12.3. The molecule has 1 aromatic heterocycles. The summed E-state index contributed by atoms with van der Waals surface area (Å²) in [6.07, 6.45) is 0. The van der Waals surface area contributed by atoms with E-state index >= 15 is 0 Å². The molecule has 3 aromatic rings. The number of halogens is 3. The number of phenolic OH excluding ortho intramolecular Hbond substituents is 1. The van der Waals surface area contributed by atoms with Gasteiger partial charge in [0.2, 0.25) is 0 Å². The van der Waals surface area contributed by atoms with Gasteiger partial charge in [-0.1, -0.05) is 23.2 Å². The number of carbonyl (C=O) groups is 1. The normalized spacial score (nSPS) is 10.6. The van der Waals surface area contributed by atoms with E-state index in [1.807, 2.05) is 18.2 Å². The highest BCUT2D eigenvalue weighted by Crippen LogP contribution is 2.29. The third-order valence-corrected chi connectivity index (χ3v) is 5.69. The molecule has 0 atom stereocenters. The van der Waals surface area contributed by atoms with Crippen molar-refractivity contribution in [2.45, 2.75) is 6.54 Å². The molecule has 0 aliphatic carbocycles. The Morgan fingerprint density at radius 2 is 1.92 bits per heavy atom. The van der Waals surface area contributed by atoms with E-state index in [2.05, 4.69) is 26.6 Å². The Hall–Kier alpha value is -1.73. The zero-order valence-corrected chi connectivity index (χ0v) is 17.1. The minimum atomic E-state index is -0.490. The molecule has 0 saturated carbocycles. The van der Waals surface area contributed by atoms with E-state index < -0.39 is 5.91 Å². The molecule has 0 unspecified atom stereocenters. The van der Waals surface area contributed by atoms with Crippen LogP contribution in [0.25, 0.3) is 0 Å². The number of benzene rings is 2. The fourth-order valence-electron chi connectivity index (χ4n) is 2.24. The summed E-state index contributed by atoms with van der Waals surface area (Å²) in [6, 6.07) is 13.6. The maximum atomic E-state index is 12.3. The topological polar surface area (TPSA) is 61.4 Å². The Morgan fingerprint density at radius 1 is 1.12 bits per heavy atom. The van der Waals surface area contributed by atoms with Crippen LogP contribution in [0.3, 0.4) is 0 Å². The summed E-state index contributed by atoms with van der Waals surface area (Å²) < 4.78 is 1.08. The van der Waals surface area contributed by atoms with Gasteiger partial charge in [0, 0.05) is 22.1 Å². The van der Waals surface area contributed by atoms with Crippen LogP contribution in [0.2, 0.25) is 10.0 Å². The van der Waals surface area contributed by atoms with Gasteiger partial charge in [-0.05, 0) is 64.5 Å². The third-order valence-electron chi connectivity index (χ3n) is 3.52. The Morgan fingerprint density at radius 3 is 2.62 bits per heavy atom. The summed E-state index contributed by atoms with van der Waals surface area (Å²) in [5, 5.41) is 16.5. The van der Waals surface area contributed by atoms with Gasteiger partial charge in [-0.3, -0.25) is 4.79 Å². The Bertz CT molecular complexity index is 962. The lowest BCUT2D eigenvalue weighted by atomic mass is 10.2. The van der Waals surface area contributed by atoms with Crippen LogP contribution in [-0.2, 0) is 6.54 Å². The molecular formula is C18H13BrCl2N2O2S. The number of phenols is 1. The number of hydrogen-bond acceptors (Lipinski definition) is 4. The van der Waals surface area contributed by atoms with E-state index in [9.17, 15) is 9.90 Å². The lowest BCUT2D eigenvalue weighted by molar-refractivity contribution is 0.102. The van der Waals surface area contributed by atoms with Crippen LogP contribution in [0.1, 0.15) is 15.2 Å². The molecule has 0 bridgehead atoms. The average molecular weight is 472 g/mol. The van der Waals surface area contributed by atoms with Crippen molar-refractivity contribution in [2.24, 2.45) is 0 Å². The zero-order chi connectivity index (χ0) is 18.7. The smallest absolute Gasteiger partial charge is 0.259 e. The minimum Gasteiger partial charge on any atom is -0.507 e. The number of rotatable bonds is 5. The number of amides is 1. The summed E-state index contributed by atoms with van der Waals surface area (Å²) in [6.45, 7) is 0.675. The standard InChI is InChI=1S/C18H13BrCl2N2O2S/c19-17-6-3-12(26-17)9-22-11-2-4-15(14(21)8-11)23-18(25)13-7-10(20)1-5-16(13)24/h1-8,22,24H,9H2,(H,23,25). The summed E-state index contributed by atoms with van der Waals surface area (Å²) in [5.74, 6) is -0.639. The first-order valence-electron chi connectivity index (χ1n) is 7.50. The molecule has 26 heavy (non-hydrogen) atoms.